The molecule has 8 heteroatoms. The van der Waals surface area contributed by atoms with E-state index in [1.165, 1.54) is 12.2 Å². The van der Waals surface area contributed by atoms with Crippen LogP contribution in [0.15, 0.2) is 23.7 Å². The molecular formula is C5H10O5P2Zn. The third-order valence-electron chi connectivity index (χ3n) is 0.839. The van der Waals surface area contributed by atoms with E-state index < -0.39 is 7.84 Å². The number of hydrogen-bond acceptors (Lipinski definition) is 5. The zero-order valence-electron chi connectivity index (χ0n) is 7.79. The van der Waals surface area contributed by atoms with Crippen LogP contribution in [0.3, 0.4) is 0 Å². The van der Waals surface area contributed by atoms with E-state index in [4.69, 9.17) is 11.9 Å². The molecule has 2 atom stereocenters. The van der Waals surface area contributed by atoms with Crippen molar-refractivity contribution in [3.05, 3.63) is 23.7 Å². The molecule has 2 unspecified atom stereocenters. The standard InChI is InChI=1S/C5H10O5P2.Zn/c6-9-4-5(10-7)2-1-3-12(8)11;/h1-3,6-8H,4,11H2;/i8T;. The van der Waals surface area contributed by atoms with Crippen LogP contribution in [-0.2, 0) is 29.3 Å². The molecule has 0 saturated carbocycles. The van der Waals surface area contributed by atoms with Crippen molar-refractivity contribution in [1.82, 2.24) is 0 Å². The van der Waals surface area contributed by atoms with Crippen molar-refractivity contribution < 1.29 is 44.7 Å². The molecular weight excluding hydrogens is 267 g/mol. The van der Waals surface area contributed by atoms with Crippen LogP contribution in [0.25, 0.3) is 0 Å². The summed E-state index contributed by atoms with van der Waals surface area (Å²) in [6.07, 6.45) is 2.88. The Morgan fingerprint density at radius 3 is 2.77 bits per heavy atom. The normalized spacial score (nSPS) is 15.0. The fourth-order valence-electron chi connectivity index (χ4n) is 0.404. The fraction of sp³-hybridized carbons (Fsp3) is 0.200. The van der Waals surface area contributed by atoms with Gasteiger partial charge in [-0.2, -0.15) is 0 Å². The van der Waals surface area contributed by atoms with Crippen molar-refractivity contribution in [2.24, 2.45) is 0 Å². The molecule has 0 radical (unpaired) electrons. The molecule has 0 fully saturated rings. The topological polar surface area (TPSA) is 79.2 Å². The van der Waals surface area contributed by atoms with Crippen molar-refractivity contribution in [2.45, 2.75) is 0 Å². The van der Waals surface area contributed by atoms with Crippen molar-refractivity contribution in [2.75, 3.05) is 6.61 Å². The van der Waals surface area contributed by atoms with Crippen LogP contribution >= 0.6 is 16.8 Å². The van der Waals surface area contributed by atoms with E-state index in [0.29, 0.717) is 0 Å². The van der Waals surface area contributed by atoms with Gasteiger partial charge < -0.3 is 9.78 Å². The average molecular weight is 279 g/mol. The van der Waals surface area contributed by atoms with Crippen molar-refractivity contribution in [3.63, 3.8) is 0 Å². The summed E-state index contributed by atoms with van der Waals surface area (Å²) in [6, 6.07) is 0. The van der Waals surface area contributed by atoms with Crippen LogP contribution in [0.1, 0.15) is 0 Å². The second-order valence-corrected chi connectivity index (χ2v) is 4.24. The van der Waals surface area contributed by atoms with E-state index in [1.54, 1.807) is 5.82 Å². The van der Waals surface area contributed by atoms with Gasteiger partial charge in [0, 0.05) is 19.5 Å². The largest absolute Gasteiger partial charge is 0.366 e. The van der Waals surface area contributed by atoms with Crippen molar-refractivity contribution in [1.29, 1.82) is 1.43 Å². The van der Waals surface area contributed by atoms with E-state index in [-0.39, 0.29) is 31.8 Å². The van der Waals surface area contributed by atoms with Crippen molar-refractivity contribution in [3.8, 4) is 0 Å². The summed E-state index contributed by atoms with van der Waals surface area (Å²) in [4.78, 5) is 11.8. The first-order chi connectivity index (χ1) is 6.24. The van der Waals surface area contributed by atoms with E-state index in [2.05, 4.69) is 23.6 Å². The van der Waals surface area contributed by atoms with Gasteiger partial charge >= 0.3 is 0 Å². The number of rotatable bonds is 6. The molecule has 0 saturated heterocycles. The maximum Gasteiger partial charge on any atom is 0.216 e. The molecule has 5 nitrogen and oxygen atoms in total. The molecule has 0 aliphatic carbocycles. The first kappa shape index (κ1) is 13.6. The quantitative estimate of drug-likeness (QED) is 0.172. The predicted octanol–water partition coefficient (Wildman–Crippen LogP) is 1.54. The summed E-state index contributed by atoms with van der Waals surface area (Å²) in [5.41, 5.74) is 0. The van der Waals surface area contributed by atoms with E-state index in [9.17, 15) is 0 Å². The summed E-state index contributed by atoms with van der Waals surface area (Å²) in [7, 11) is 1.31. The van der Waals surface area contributed by atoms with Gasteiger partial charge in [-0.3, -0.25) is 5.26 Å². The second kappa shape index (κ2) is 10.7. The maximum atomic E-state index is 8.22. The van der Waals surface area contributed by atoms with Gasteiger partial charge in [-0.1, -0.05) is 15.0 Å². The summed E-state index contributed by atoms with van der Waals surface area (Å²) in [6.45, 7) is -0.253. The first-order valence-electron chi connectivity index (χ1n) is 3.27. The van der Waals surface area contributed by atoms with E-state index in [1.807, 2.05) is 0 Å². The van der Waals surface area contributed by atoms with Crippen LogP contribution in [0.2, 0.25) is 0 Å². The SMILES string of the molecule is [3H]OP(P)C=CC=C(COO)OO.[Zn]. The van der Waals surface area contributed by atoms with Gasteiger partial charge in [0.1, 0.15) is 6.61 Å². The Labute approximate surface area is 93.5 Å². The smallest absolute Gasteiger partial charge is 0.216 e. The van der Waals surface area contributed by atoms with Crippen molar-refractivity contribution >= 4 is 16.8 Å². The maximum absolute atomic E-state index is 8.22. The molecule has 13 heavy (non-hydrogen) atoms. The van der Waals surface area contributed by atoms with Crippen LogP contribution in [0, 0.1) is 0 Å². The molecule has 0 rings (SSSR count). The fourth-order valence-corrected chi connectivity index (χ4v) is 0.958. The Kier molecular flexibility index (Phi) is 11.2. The molecule has 0 aromatic carbocycles. The second-order valence-electron chi connectivity index (χ2n) is 1.70. The van der Waals surface area contributed by atoms with Crippen LogP contribution in [0.4, 0.5) is 0 Å². The minimum atomic E-state index is -1.01. The van der Waals surface area contributed by atoms with Gasteiger partial charge in [0.25, 0.3) is 0 Å². The van der Waals surface area contributed by atoms with Gasteiger partial charge in [-0.25, -0.2) is 10.1 Å². The molecule has 0 aromatic heterocycles. The van der Waals surface area contributed by atoms with E-state index in [0.717, 1.165) is 0 Å². The van der Waals surface area contributed by atoms with E-state index >= 15 is 0 Å². The van der Waals surface area contributed by atoms with Gasteiger partial charge in [0.15, 0.2) is 5.76 Å². The minimum absolute atomic E-state index is 0. The number of allylic oxidation sites excluding steroid dienone is 2. The zero-order valence-corrected chi connectivity index (χ0v) is 11.8. The summed E-state index contributed by atoms with van der Waals surface area (Å²) in [5.74, 6) is 1.63. The van der Waals surface area contributed by atoms with Gasteiger partial charge in [0.05, 0.1) is 7.84 Å². The van der Waals surface area contributed by atoms with Crippen LogP contribution < -0.4 is 0 Å². The molecule has 0 spiro atoms. The first-order valence-corrected chi connectivity index (χ1v) is 5.81. The Morgan fingerprint density at radius 1 is 1.62 bits per heavy atom. The molecule has 0 amide bonds. The third kappa shape index (κ3) is 10.5. The Bertz CT molecular complexity index is 191. The molecule has 72 valence electrons. The molecule has 0 aromatic rings. The van der Waals surface area contributed by atoms with Gasteiger partial charge in [-0.05, 0) is 11.9 Å². The Balaban J connectivity index is 0. The Hall–Kier alpha value is 0.603. The third-order valence-corrected chi connectivity index (χ3v) is 1.82. The van der Waals surface area contributed by atoms with Gasteiger partial charge in [0.2, 0.25) is 1.43 Å². The zero-order chi connectivity index (χ0) is 10.1. The van der Waals surface area contributed by atoms with Crippen LogP contribution in [-0.4, -0.2) is 23.4 Å². The summed E-state index contributed by atoms with van der Waals surface area (Å²) in [5, 5.41) is 16.2. The van der Waals surface area contributed by atoms with Crippen LogP contribution in [0.5, 0.6) is 0 Å². The summed E-state index contributed by atoms with van der Waals surface area (Å²) >= 11 is 0. The molecule has 0 bridgehead atoms. The predicted molar refractivity (Wildman–Crippen MR) is 48.4 cm³/mol. The molecule has 0 heterocycles. The molecule has 3 N–H and O–H groups in total. The Morgan fingerprint density at radius 2 is 2.31 bits per heavy atom. The average Bonchev–Trinajstić information content (AvgIpc) is 2.16. The van der Waals surface area contributed by atoms with Gasteiger partial charge in [-0.15, -0.1) is 0 Å². The molecule has 0 aliphatic rings. The number of hydrogen-bond donors (Lipinski definition) is 3. The monoisotopic (exact) mass is 278 g/mol. The minimum Gasteiger partial charge on any atom is -0.366 e. The summed E-state index contributed by atoms with van der Waals surface area (Å²) < 4.78 is 6.51. The molecule has 0 aliphatic heterocycles.